The summed E-state index contributed by atoms with van der Waals surface area (Å²) >= 11 is 0. The first-order chi connectivity index (χ1) is 25.8. The highest BCUT2D eigenvalue weighted by Crippen LogP contribution is 2.49. The van der Waals surface area contributed by atoms with E-state index < -0.39 is 0 Å². The van der Waals surface area contributed by atoms with Crippen LogP contribution in [0.1, 0.15) is 0 Å². The van der Waals surface area contributed by atoms with Crippen LogP contribution in [-0.2, 0) is 0 Å². The molecule has 3 heterocycles. The van der Waals surface area contributed by atoms with Crippen LogP contribution in [-0.4, -0.2) is 11.5 Å². The van der Waals surface area contributed by atoms with Crippen LogP contribution < -0.4 is 15.1 Å². The smallest absolute Gasteiger partial charge is 0.361 e. The Hall–Kier alpha value is -6.78. The van der Waals surface area contributed by atoms with Crippen molar-refractivity contribution in [1.29, 1.82) is 0 Å². The van der Waals surface area contributed by atoms with Crippen molar-refractivity contribution in [3.05, 3.63) is 194 Å². The van der Waals surface area contributed by atoms with Gasteiger partial charge in [0.2, 0.25) is 0 Å². The van der Waals surface area contributed by atoms with Gasteiger partial charge in [0.15, 0.2) is 0 Å². The highest BCUT2D eigenvalue weighted by Gasteiger charge is 2.46. The lowest BCUT2D eigenvalue weighted by molar-refractivity contribution is 1.18. The van der Waals surface area contributed by atoms with E-state index in [4.69, 9.17) is 0 Å². The SMILES string of the molecule is c1ccc(N2B3c4c(cccc4-c4cc(-c5ccc(-n6c7ccccc7c7ccccc76)cc5)ccc4N3c3ccccc3)-c3ccccc32)cc1. The molecular weight excluding hydrogens is 629 g/mol. The highest BCUT2D eigenvalue weighted by molar-refractivity contribution is 6.86. The molecule has 8 aromatic carbocycles. The Bertz CT molecular complexity index is 2750. The van der Waals surface area contributed by atoms with Crippen LogP contribution in [0.5, 0.6) is 0 Å². The average molecular weight is 662 g/mol. The van der Waals surface area contributed by atoms with Gasteiger partial charge in [-0.05, 0) is 94.4 Å². The fourth-order valence-electron chi connectivity index (χ4n) is 8.74. The maximum absolute atomic E-state index is 2.54. The van der Waals surface area contributed by atoms with Gasteiger partial charge in [0.25, 0.3) is 0 Å². The fourth-order valence-corrected chi connectivity index (χ4v) is 8.74. The van der Waals surface area contributed by atoms with Gasteiger partial charge in [-0.2, -0.15) is 0 Å². The normalized spacial score (nSPS) is 12.9. The number of anilines is 4. The molecule has 0 spiro atoms. The molecule has 0 bridgehead atoms. The van der Waals surface area contributed by atoms with Crippen LogP contribution in [0.2, 0.25) is 0 Å². The molecular formula is C48H32BN3. The molecule has 242 valence electrons. The Kier molecular flexibility index (Phi) is 6.35. The van der Waals surface area contributed by atoms with Gasteiger partial charge in [0.05, 0.1) is 11.0 Å². The van der Waals surface area contributed by atoms with Crippen molar-refractivity contribution in [2.75, 3.05) is 9.62 Å². The molecule has 0 atom stereocenters. The molecule has 2 aliphatic rings. The number of aromatic nitrogens is 1. The number of rotatable bonds is 4. The number of para-hydroxylation sites is 5. The summed E-state index contributed by atoms with van der Waals surface area (Å²) < 4.78 is 2.38. The molecule has 11 rings (SSSR count). The second kappa shape index (κ2) is 11.4. The van der Waals surface area contributed by atoms with Crippen LogP contribution in [0.15, 0.2) is 194 Å². The first kappa shape index (κ1) is 29.0. The van der Waals surface area contributed by atoms with Gasteiger partial charge in [-0.15, -0.1) is 0 Å². The van der Waals surface area contributed by atoms with Crippen LogP contribution in [0.3, 0.4) is 0 Å². The number of hydrogen-bond acceptors (Lipinski definition) is 2. The van der Waals surface area contributed by atoms with E-state index >= 15 is 0 Å². The zero-order valence-electron chi connectivity index (χ0n) is 28.4. The Morgan fingerprint density at radius 2 is 0.827 bits per heavy atom. The molecule has 0 aliphatic carbocycles. The standard InChI is InChI=1S/C48H32BN3/c1-3-14-36(15-4-1)51-46-25-12-9-20-40(46)41-21-13-22-42-43-32-34(28-31-47(43)52(49(51)48(41)42)37-16-5-2-6-17-37)33-26-29-35(30-27-33)50-44-23-10-7-18-38(44)39-19-8-11-24-45(39)50/h1-32H. The fraction of sp³-hybridized carbons (Fsp3) is 0. The number of nitrogens with zero attached hydrogens (tertiary/aromatic N) is 3. The summed E-state index contributed by atoms with van der Waals surface area (Å²) in [6.45, 7) is -0.0743. The summed E-state index contributed by atoms with van der Waals surface area (Å²) in [7, 11) is 0. The Morgan fingerprint density at radius 1 is 0.327 bits per heavy atom. The molecule has 3 nitrogen and oxygen atoms in total. The Morgan fingerprint density at radius 3 is 1.48 bits per heavy atom. The van der Waals surface area contributed by atoms with E-state index in [1.807, 2.05) is 0 Å². The predicted octanol–water partition coefficient (Wildman–Crippen LogP) is 11.8. The quantitative estimate of drug-likeness (QED) is 0.174. The zero-order valence-corrected chi connectivity index (χ0v) is 28.4. The third kappa shape index (κ3) is 4.21. The highest BCUT2D eigenvalue weighted by atomic mass is 15.2. The van der Waals surface area contributed by atoms with Gasteiger partial charge >= 0.3 is 6.98 Å². The van der Waals surface area contributed by atoms with Gasteiger partial charge in [-0.25, -0.2) is 0 Å². The van der Waals surface area contributed by atoms with E-state index in [-0.39, 0.29) is 6.98 Å². The molecule has 0 radical (unpaired) electrons. The molecule has 1 aromatic heterocycles. The van der Waals surface area contributed by atoms with Crippen molar-refractivity contribution in [3.8, 4) is 39.1 Å². The van der Waals surface area contributed by atoms with Crippen LogP contribution >= 0.6 is 0 Å². The van der Waals surface area contributed by atoms with E-state index in [1.165, 1.54) is 77.7 Å². The molecule has 0 N–H and O–H groups in total. The minimum Gasteiger partial charge on any atom is -0.361 e. The molecule has 9 aromatic rings. The second-order valence-electron chi connectivity index (χ2n) is 13.7. The lowest BCUT2D eigenvalue weighted by Gasteiger charge is -2.47. The second-order valence-corrected chi connectivity index (χ2v) is 13.7. The van der Waals surface area contributed by atoms with E-state index in [1.54, 1.807) is 0 Å². The van der Waals surface area contributed by atoms with Gasteiger partial charge in [-0.1, -0.05) is 127 Å². The van der Waals surface area contributed by atoms with Crippen molar-refractivity contribution < 1.29 is 0 Å². The van der Waals surface area contributed by atoms with E-state index in [0.717, 1.165) is 11.4 Å². The summed E-state index contributed by atoms with van der Waals surface area (Å²) in [4.78, 5) is 5.07. The third-order valence-corrected chi connectivity index (χ3v) is 11.0. The summed E-state index contributed by atoms with van der Waals surface area (Å²) in [6, 6.07) is 70.9. The molecule has 0 fully saturated rings. The first-order valence-electron chi connectivity index (χ1n) is 18.0. The van der Waals surface area contributed by atoms with Crippen molar-refractivity contribution in [2.24, 2.45) is 0 Å². The monoisotopic (exact) mass is 661 g/mol. The van der Waals surface area contributed by atoms with Gasteiger partial charge in [0.1, 0.15) is 0 Å². The predicted molar refractivity (Wildman–Crippen MR) is 220 cm³/mol. The van der Waals surface area contributed by atoms with Crippen molar-refractivity contribution >= 4 is 57.0 Å². The van der Waals surface area contributed by atoms with Crippen molar-refractivity contribution in [2.45, 2.75) is 0 Å². The topological polar surface area (TPSA) is 11.4 Å². The number of hydrogen-bond donors (Lipinski definition) is 0. The Balaban J connectivity index is 1.10. The van der Waals surface area contributed by atoms with Crippen LogP contribution in [0.25, 0.3) is 60.9 Å². The summed E-state index contributed by atoms with van der Waals surface area (Å²) in [5, 5.41) is 2.55. The van der Waals surface area contributed by atoms with Crippen LogP contribution in [0.4, 0.5) is 22.7 Å². The first-order valence-corrected chi connectivity index (χ1v) is 18.0. The molecule has 0 amide bonds. The van der Waals surface area contributed by atoms with E-state index in [9.17, 15) is 0 Å². The lowest BCUT2D eigenvalue weighted by atomic mass is 9.53. The number of fused-ring (bicyclic) bond motifs is 7. The molecule has 0 saturated carbocycles. The summed E-state index contributed by atoms with van der Waals surface area (Å²) in [5.41, 5.74) is 17.2. The van der Waals surface area contributed by atoms with E-state index in [0.29, 0.717) is 0 Å². The molecule has 52 heavy (non-hydrogen) atoms. The van der Waals surface area contributed by atoms with Crippen molar-refractivity contribution in [1.82, 2.24) is 4.57 Å². The molecule has 0 unspecified atom stereocenters. The summed E-state index contributed by atoms with van der Waals surface area (Å²) in [6.07, 6.45) is 0. The minimum absolute atomic E-state index is 0.0743. The largest absolute Gasteiger partial charge is 0.421 e. The maximum atomic E-state index is 2.54. The molecule has 0 saturated heterocycles. The number of benzene rings is 8. The lowest BCUT2D eigenvalue weighted by Crippen LogP contribution is -2.61. The molecule has 2 aliphatic heterocycles. The van der Waals surface area contributed by atoms with Gasteiger partial charge in [0, 0.05) is 50.3 Å². The summed E-state index contributed by atoms with van der Waals surface area (Å²) in [5.74, 6) is 0. The van der Waals surface area contributed by atoms with Gasteiger partial charge in [-0.3, -0.25) is 0 Å². The zero-order chi connectivity index (χ0) is 34.2. The van der Waals surface area contributed by atoms with Crippen LogP contribution in [0, 0.1) is 0 Å². The van der Waals surface area contributed by atoms with E-state index in [2.05, 4.69) is 208 Å². The Labute approximate surface area is 303 Å². The minimum atomic E-state index is -0.0743. The van der Waals surface area contributed by atoms with Crippen molar-refractivity contribution in [3.63, 3.8) is 0 Å². The third-order valence-electron chi connectivity index (χ3n) is 11.0. The average Bonchev–Trinajstić information content (AvgIpc) is 3.56. The van der Waals surface area contributed by atoms with Gasteiger partial charge < -0.3 is 14.2 Å². The maximum Gasteiger partial charge on any atom is 0.421 e. The molecule has 4 heteroatoms.